The average molecular weight is 507 g/mol. The number of ether oxygens (including phenoxy) is 2. The van der Waals surface area contributed by atoms with Gasteiger partial charge in [0.2, 0.25) is 21.8 Å². The van der Waals surface area contributed by atoms with Crippen molar-refractivity contribution in [2.75, 3.05) is 18.7 Å². The van der Waals surface area contributed by atoms with Crippen LogP contribution in [0.15, 0.2) is 41.3 Å². The first-order chi connectivity index (χ1) is 15.8. The van der Waals surface area contributed by atoms with Crippen molar-refractivity contribution in [3.05, 3.63) is 57.0 Å². The minimum atomic E-state index is -3.79. The van der Waals surface area contributed by atoms with Crippen molar-refractivity contribution in [1.29, 1.82) is 0 Å². The molecule has 1 N–H and O–H groups in total. The van der Waals surface area contributed by atoms with Crippen molar-refractivity contribution in [1.82, 2.24) is 14.5 Å². The van der Waals surface area contributed by atoms with Crippen molar-refractivity contribution in [3.63, 3.8) is 0 Å². The van der Waals surface area contributed by atoms with Crippen molar-refractivity contribution >= 4 is 44.6 Å². The minimum absolute atomic E-state index is 0.141. The summed E-state index contributed by atoms with van der Waals surface area (Å²) in [7, 11) is -3.79. The van der Waals surface area contributed by atoms with E-state index in [9.17, 15) is 13.2 Å². The maximum Gasteiger partial charge on any atom is 0.286 e. The second kappa shape index (κ2) is 8.56. The Morgan fingerprint density at radius 1 is 1.21 bits per heavy atom. The van der Waals surface area contributed by atoms with Gasteiger partial charge >= 0.3 is 0 Å². The smallest absolute Gasteiger partial charge is 0.286 e. The van der Waals surface area contributed by atoms with Gasteiger partial charge in [-0.3, -0.25) is 4.79 Å². The summed E-state index contributed by atoms with van der Waals surface area (Å²) < 4.78 is 38.8. The van der Waals surface area contributed by atoms with Gasteiger partial charge in [0.15, 0.2) is 11.5 Å². The molecule has 9 nitrogen and oxygen atoms in total. The monoisotopic (exact) mass is 506 g/mol. The highest BCUT2D eigenvalue weighted by molar-refractivity contribution is 7.89. The molecule has 3 heterocycles. The molecule has 0 bridgehead atoms. The number of halogens is 1. The Balaban J connectivity index is 1.36. The average Bonchev–Trinajstić information content (AvgIpc) is 3.54. The minimum Gasteiger partial charge on any atom is -0.454 e. The molecule has 2 aromatic carbocycles. The first kappa shape index (κ1) is 22.1. The molecule has 33 heavy (non-hydrogen) atoms. The molecule has 5 rings (SSSR count). The molecule has 12 heteroatoms. The lowest BCUT2D eigenvalue weighted by Gasteiger charge is -2.23. The summed E-state index contributed by atoms with van der Waals surface area (Å²) in [4.78, 5) is 12.9. The van der Waals surface area contributed by atoms with E-state index in [1.165, 1.54) is 4.31 Å². The Hall–Kier alpha value is -2.73. The molecule has 1 amide bonds. The molecule has 172 valence electrons. The number of hydrogen-bond donors (Lipinski definition) is 1. The Bertz CT molecular complexity index is 1340. The number of sulfonamides is 1. The van der Waals surface area contributed by atoms with E-state index in [1.807, 2.05) is 0 Å². The molecule has 0 spiro atoms. The molecule has 3 aromatic rings. The van der Waals surface area contributed by atoms with E-state index in [2.05, 4.69) is 15.5 Å². The van der Waals surface area contributed by atoms with Crippen LogP contribution in [0.3, 0.4) is 0 Å². The molecule has 0 aliphatic carbocycles. The van der Waals surface area contributed by atoms with Crippen LogP contribution in [0.5, 0.6) is 11.5 Å². The molecule has 1 fully saturated rings. The van der Waals surface area contributed by atoms with Crippen LogP contribution in [-0.2, 0) is 10.0 Å². The molecule has 1 aromatic heterocycles. The van der Waals surface area contributed by atoms with Crippen molar-refractivity contribution < 1.29 is 22.7 Å². The van der Waals surface area contributed by atoms with Crippen LogP contribution in [0.1, 0.15) is 39.3 Å². The number of benzene rings is 2. The topological polar surface area (TPSA) is 111 Å². The highest BCUT2D eigenvalue weighted by Crippen LogP contribution is 2.39. The summed E-state index contributed by atoms with van der Waals surface area (Å²) in [5.74, 6) is 0.730. The maximum atomic E-state index is 13.4. The molecule has 1 atom stereocenters. The van der Waals surface area contributed by atoms with Crippen LogP contribution in [0.4, 0.5) is 5.69 Å². The van der Waals surface area contributed by atoms with Gasteiger partial charge in [-0.25, -0.2) is 8.42 Å². The van der Waals surface area contributed by atoms with Crippen LogP contribution in [-0.4, -0.2) is 42.2 Å². The lowest BCUT2D eigenvalue weighted by atomic mass is 10.2. The summed E-state index contributed by atoms with van der Waals surface area (Å²) in [6.07, 6.45) is 1.28. The standard InChI is InChI=1S/C21H19ClN4O5S2/c1-12-14(22)4-2-6-18(12)33(28,29)26-9-3-5-15(26)20-24-25-21(32-20)19(27)23-13-7-8-16-17(10-13)31-11-30-16/h2,4,6-8,10,15H,3,5,9,11H2,1H3,(H,23,27)/t15-/m0/s1. The molecular formula is C21H19ClN4O5S2. The summed E-state index contributed by atoms with van der Waals surface area (Å²) in [6, 6.07) is 9.42. The fourth-order valence-electron chi connectivity index (χ4n) is 3.89. The Kier molecular flexibility index (Phi) is 5.73. The Labute approximate surface area is 199 Å². The number of fused-ring (bicyclic) bond motifs is 1. The number of rotatable bonds is 5. The molecule has 0 saturated carbocycles. The van der Waals surface area contributed by atoms with E-state index in [4.69, 9.17) is 21.1 Å². The van der Waals surface area contributed by atoms with Crippen molar-refractivity contribution in [2.45, 2.75) is 30.7 Å². The Morgan fingerprint density at radius 3 is 2.88 bits per heavy atom. The van der Waals surface area contributed by atoms with E-state index >= 15 is 0 Å². The van der Waals surface area contributed by atoms with E-state index in [1.54, 1.807) is 43.3 Å². The van der Waals surface area contributed by atoms with Crippen LogP contribution in [0, 0.1) is 6.92 Å². The van der Waals surface area contributed by atoms with E-state index in [0.717, 1.165) is 11.3 Å². The summed E-state index contributed by atoms with van der Waals surface area (Å²) >= 11 is 7.24. The Morgan fingerprint density at radius 2 is 2.03 bits per heavy atom. The molecule has 2 aliphatic heterocycles. The molecule has 1 saturated heterocycles. The predicted molar refractivity (Wildman–Crippen MR) is 122 cm³/mol. The van der Waals surface area contributed by atoms with Gasteiger partial charge in [-0.1, -0.05) is 29.0 Å². The van der Waals surface area contributed by atoms with Gasteiger partial charge in [-0.15, -0.1) is 10.2 Å². The number of carbonyl (C=O) groups excluding carboxylic acids is 1. The van der Waals surface area contributed by atoms with Gasteiger partial charge in [0, 0.05) is 23.3 Å². The second-order valence-electron chi connectivity index (χ2n) is 7.60. The third-order valence-electron chi connectivity index (χ3n) is 5.56. The largest absolute Gasteiger partial charge is 0.454 e. The highest BCUT2D eigenvalue weighted by atomic mass is 35.5. The third kappa shape index (κ3) is 4.05. The second-order valence-corrected chi connectivity index (χ2v) is 10.9. The van der Waals surface area contributed by atoms with Gasteiger partial charge in [0.1, 0.15) is 5.01 Å². The molecular weight excluding hydrogens is 488 g/mol. The van der Waals surface area contributed by atoms with Gasteiger partial charge in [-0.05, 0) is 49.6 Å². The summed E-state index contributed by atoms with van der Waals surface area (Å²) in [5, 5.41) is 11.9. The van der Waals surface area contributed by atoms with E-state index in [-0.39, 0.29) is 16.7 Å². The number of nitrogens with one attached hydrogen (secondary N) is 1. The van der Waals surface area contributed by atoms with Crippen LogP contribution in [0.25, 0.3) is 0 Å². The SMILES string of the molecule is Cc1c(Cl)cccc1S(=O)(=O)N1CCC[C@H]1c1nnc(C(=O)Nc2ccc3c(c2)OCO3)s1. The fraction of sp³-hybridized carbons (Fsp3) is 0.286. The fourth-order valence-corrected chi connectivity index (χ4v) is 6.98. The lowest BCUT2D eigenvalue weighted by Crippen LogP contribution is -2.31. The molecule has 0 radical (unpaired) electrons. The first-order valence-electron chi connectivity index (χ1n) is 10.2. The first-order valence-corrected chi connectivity index (χ1v) is 12.8. The number of nitrogens with zero attached hydrogens (tertiary/aromatic N) is 3. The van der Waals surface area contributed by atoms with Crippen LogP contribution in [0.2, 0.25) is 5.02 Å². The van der Waals surface area contributed by atoms with Crippen molar-refractivity contribution in [3.8, 4) is 11.5 Å². The zero-order valence-electron chi connectivity index (χ0n) is 17.4. The zero-order valence-corrected chi connectivity index (χ0v) is 19.8. The van der Waals surface area contributed by atoms with Crippen molar-refractivity contribution in [2.24, 2.45) is 0 Å². The van der Waals surface area contributed by atoms with Gasteiger partial charge in [-0.2, -0.15) is 4.31 Å². The molecule has 2 aliphatic rings. The highest BCUT2D eigenvalue weighted by Gasteiger charge is 2.39. The van der Waals surface area contributed by atoms with Gasteiger partial charge < -0.3 is 14.8 Å². The molecule has 0 unspecified atom stereocenters. The van der Waals surface area contributed by atoms with Gasteiger partial charge in [0.25, 0.3) is 5.91 Å². The van der Waals surface area contributed by atoms with Gasteiger partial charge in [0.05, 0.1) is 10.9 Å². The number of hydrogen-bond acceptors (Lipinski definition) is 8. The number of anilines is 1. The summed E-state index contributed by atoms with van der Waals surface area (Å²) in [5.41, 5.74) is 1.04. The normalized spacial score (nSPS) is 17.9. The lowest BCUT2D eigenvalue weighted by molar-refractivity contribution is 0.102. The quantitative estimate of drug-likeness (QED) is 0.556. The zero-order chi connectivity index (χ0) is 23.2. The summed E-state index contributed by atoms with van der Waals surface area (Å²) in [6.45, 7) is 2.18. The van der Waals surface area contributed by atoms with Crippen LogP contribution < -0.4 is 14.8 Å². The number of carbonyl (C=O) groups is 1. The number of aromatic nitrogens is 2. The third-order valence-corrected chi connectivity index (χ3v) is 9.04. The predicted octanol–water partition coefficient (Wildman–Crippen LogP) is 4.01. The van der Waals surface area contributed by atoms with E-state index in [0.29, 0.717) is 52.2 Å². The van der Waals surface area contributed by atoms with Crippen LogP contribution >= 0.6 is 22.9 Å². The number of amides is 1. The van der Waals surface area contributed by atoms with E-state index < -0.39 is 22.0 Å². The maximum absolute atomic E-state index is 13.4.